The van der Waals surface area contributed by atoms with Crippen molar-refractivity contribution in [3.05, 3.63) is 90.0 Å². The van der Waals surface area contributed by atoms with Gasteiger partial charge in [-0.2, -0.15) is 0 Å². The zero-order valence-corrected chi connectivity index (χ0v) is 17.7. The lowest BCUT2D eigenvalue weighted by Crippen LogP contribution is -2.30. The first kappa shape index (κ1) is 22.1. The fourth-order valence-electron chi connectivity index (χ4n) is 3.05. The molecule has 0 heterocycles. The second-order valence-corrected chi connectivity index (χ2v) is 6.78. The van der Waals surface area contributed by atoms with Crippen LogP contribution in [-0.2, 0) is 4.74 Å². The van der Waals surface area contributed by atoms with E-state index in [0.717, 1.165) is 5.69 Å². The molecule has 0 bridgehead atoms. The number of carbonyl (C=O) groups is 2. The Morgan fingerprint density at radius 2 is 1.48 bits per heavy atom. The molecule has 0 unspecified atom stereocenters. The molecule has 160 valence electrons. The van der Waals surface area contributed by atoms with E-state index < -0.39 is 0 Å². The van der Waals surface area contributed by atoms with Gasteiger partial charge in [0, 0.05) is 36.2 Å². The highest BCUT2D eigenvalue weighted by Crippen LogP contribution is 2.19. The lowest BCUT2D eigenvalue weighted by Gasteiger charge is -2.21. The van der Waals surface area contributed by atoms with Gasteiger partial charge in [0.2, 0.25) is 0 Å². The standard InChI is InChI=1S/C25H26N2O4/c1-3-27(22-7-5-4-6-8-22)25(29)20-9-13-21(14-10-20)26-24(28)19-11-15-23(16-12-19)31-18-17-30-2/h4-16H,3,17-18H2,1-2H3,(H,26,28). The summed E-state index contributed by atoms with van der Waals surface area (Å²) < 4.78 is 10.4. The Balaban J connectivity index is 1.62. The number of nitrogens with one attached hydrogen (secondary N) is 1. The average Bonchev–Trinajstić information content (AvgIpc) is 2.81. The van der Waals surface area contributed by atoms with Crippen LogP contribution in [-0.4, -0.2) is 38.7 Å². The molecular weight excluding hydrogens is 392 g/mol. The topological polar surface area (TPSA) is 67.9 Å². The van der Waals surface area contributed by atoms with E-state index in [2.05, 4.69) is 5.32 Å². The van der Waals surface area contributed by atoms with Gasteiger partial charge < -0.3 is 19.7 Å². The largest absolute Gasteiger partial charge is 0.491 e. The Bertz CT molecular complexity index is 986. The van der Waals surface area contributed by atoms with Crippen molar-refractivity contribution in [1.29, 1.82) is 0 Å². The fourth-order valence-corrected chi connectivity index (χ4v) is 3.05. The van der Waals surface area contributed by atoms with Gasteiger partial charge in [-0.3, -0.25) is 9.59 Å². The predicted octanol–water partition coefficient (Wildman–Crippen LogP) is 4.63. The van der Waals surface area contributed by atoms with Gasteiger partial charge >= 0.3 is 0 Å². The van der Waals surface area contributed by atoms with Crippen molar-refractivity contribution in [3.63, 3.8) is 0 Å². The summed E-state index contributed by atoms with van der Waals surface area (Å²) in [5.41, 5.74) is 2.54. The fraction of sp³-hybridized carbons (Fsp3) is 0.200. The van der Waals surface area contributed by atoms with E-state index in [-0.39, 0.29) is 11.8 Å². The molecule has 0 aliphatic heterocycles. The number of carbonyl (C=O) groups excluding carboxylic acids is 2. The summed E-state index contributed by atoms with van der Waals surface area (Å²) in [6, 6.07) is 23.3. The molecule has 1 N–H and O–H groups in total. The number of amides is 2. The maximum atomic E-state index is 12.9. The minimum atomic E-state index is -0.234. The summed E-state index contributed by atoms with van der Waals surface area (Å²) in [6.45, 7) is 3.45. The number of hydrogen-bond donors (Lipinski definition) is 1. The third-order valence-corrected chi connectivity index (χ3v) is 4.69. The van der Waals surface area contributed by atoms with Gasteiger partial charge in [-0.1, -0.05) is 18.2 Å². The van der Waals surface area contributed by atoms with Gasteiger partial charge in [0.1, 0.15) is 12.4 Å². The molecule has 0 aromatic heterocycles. The zero-order chi connectivity index (χ0) is 22.1. The van der Waals surface area contributed by atoms with Gasteiger partial charge in [0.05, 0.1) is 6.61 Å². The highest BCUT2D eigenvalue weighted by atomic mass is 16.5. The Kier molecular flexibility index (Phi) is 7.79. The van der Waals surface area contributed by atoms with E-state index in [1.54, 1.807) is 60.5 Å². The SMILES string of the molecule is CCN(C(=O)c1ccc(NC(=O)c2ccc(OCCOC)cc2)cc1)c1ccccc1. The van der Waals surface area contributed by atoms with Crippen LogP contribution in [0.2, 0.25) is 0 Å². The molecule has 0 aliphatic rings. The lowest BCUT2D eigenvalue weighted by molar-refractivity contribution is 0.0987. The second kappa shape index (κ2) is 10.9. The van der Waals surface area contributed by atoms with Crippen molar-refractivity contribution in [1.82, 2.24) is 0 Å². The summed E-state index contributed by atoms with van der Waals surface area (Å²) in [5.74, 6) is 0.355. The maximum absolute atomic E-state index is 12.9. The molecule has 3 aromatic rings. The number of ether oxygens (including phenoxy) is 2. The van der Waals surface area contributed by atoms with Gasteiger partial charge in [-0.15, -0.1) is 0 Å². The Labute approximate surface area is 182 Å². The number of anilines is 2. The highest BCUT2D eigenvalue weighted by molar-refractivity contribution is 6.07. The number of para-hydroxylation sites is 1. The first-order valence-corrected chi connectivity index (χ1v) is 10.1. The first-order chi connectivity index (χ1) is 15.1. The van der Waals surface area contributed by atoms with Crippen LogP contribution in [0.3, 0.4) is 0 Å². The molecule has 0 radical (unpaired) electrons. The molecule has 3 rings (SSSR count). The highest BCUT2D eigenvalue weighted by Gasteiger charge is 2.16. The van der Waals surface area contributed by atoms with Crippen molar-refractivity contribution < 1.29 is 19.1 Å². The molecule has 0 spiro atoms. The smallest absolute Gasteiger partial charge is 0.258 e. The normalized spacial score (nSPS) is 10.4. The quantitative estimate of drug-likeness (QED) is 0.515. The summed E-state index contributed by atoms with van der Waals surface area (Å²) in [5, 5.41) is 2.85. The van der Waals surface area contributed by atoms with Crippen molar-refractivity contribution in [3.8, 4) is 5.75 Å². The van der Waals surface area contributed by atoms with Crippen LogP contribution in [0.5, 0.6) is 5.75 Å². The van der Waals surface area contributed by atoms with Crippen LogP contribution in [0.15, 0.2) is 78.9 Å². The van der Waals surface area contributed by atoms with Gasteiger partial charge in [-0.25, -0.2) is 0 Å². The predicted molar refractivity (Wildman–Crippen MR) is 122 cm³/mol. The molecule has 0 saturated heterocycles. The van der Waals surface area contributed by atoms with Crippen LogP contribution >= 0.6 is 0 Å². The molecule has 0 fully saturated rings. The molecule has 6 heteroatoms. The van der Waals surface area contributed by atoms with E-state index >= 15 is 0 Å². The second-order valence-electron chi connectivity index (χ2n) is 6.78. The molecule has 0 atom stereocenters. The molecule has 0 saturated carbocycles. The maximum Gasteiger partial charge on any atom is 0.258 e. The van der Waals surface area contributed by atoms with Crippen molar-refractivity contribution in [2.45, 2.75) is 6.92 Å². The van der Waals surface area contributed by atoms with Crippen LogP contribution in [0.25, 0.3) is 0 Å². The van der Waals surface area contributed by atoms with E-state index in [1.807, 2.05) is 37.3 Å². The number of rotatable bonds is 9. The van der Waals surface area contributed by atoms with Gasteiger partial charge in [-0.05, 0) is 67.6 Å². The van der Waals surface area contributed by atoms with E-state index in [9.17, 15) is 9.59 Å². The van der Waals surface area contributed by atoms with Crippen LogP contribution in [0.1, 0.15) is 27.6 Å². The molecule has 6 nitrogen and oxygen atoms in total. The van der Waals surface area contributed by atoms with Crippen molar-refractivity contribution in [2.24, 2.45) is 0 Å². The molecule has 0 aliphatic carbocycles. The molecular formula is C25H26N2O4. The first-order valence-electron chi connectivity index (χ1n) is 10.1. The summed E-state index contributed by atoms with van der Waals surface area (Å²) in [7, 11) is 1.61. The lowest BCUT2D eigenvalue weighted by atomic mass is 10.1. The number of nitrogens with zero attached hydrogens (tertiary/aromatic N) is 1. The number of hydrogen-bond acceptors (Lipinski definition) is 4. The van der Waals surface area contributed by atoms with Crippen LogP contribution < -0.4 is 15.0 Å². The summed E-state index contributed by atoms with van der Waals surface area (Å²) in [4.78, 5) is 27.1. The molecule has 3 aromatic carbocycles. The minimum Gasteiger partial charge on any atom is -0.491 e. The number of methoxy groups -OCH3 is 1. The van der Waals surface area contributed by atoms with E-state index in [4.69, 9.17) is 9.47 Å². The zero-order valence-electron chi connectivity index (χ0n) is 17.7. The summed E-state index contributed by atoms with van der Waals surface area (Å²) >= 11 is 0. The van der Waals surface area contributed by atoms with Gasteiger partial charge in [0.25, 0.3) is 11.8 Å². The van der Waals surface area contributed by atoms with Crippen LogP contribution in [0, 0.1) is 0 Å². The van der Waals surface area contributed by atoms with Gasteiger partial charge in [0.15, 0.2) is 0 Å². The van der Waals surface area contributed by atoms with Crippen molar-refractivity contribution in [2.75, 3.05) is 37.1 Å². The van der Waals surface area contributed by atoms with E-state index in [1.165, 1.54) is 0 Å². The Hall–Kier alpha value is -3.64. The third kappa shape index (κ3) is 5.93. The summed E-state index contributed by atoms with van der Waals surface area (Å²) in [6.07, 6.45) is 0. The Morgan fingerprint density at radius 3 is 2.10 bits per heavy atom. The minimum absolute atomic E-state index is 0.0874. The van der Waals surface area contributed by atoms with E-state index in [0.29, 0.717) is 42.3 Å². The average molecular weight is 418 g/mol. The Morgan fingerprint density at radius 1 is 0.839 bits per heavy atom. The number of benzene rings is 3. The van der Waals surface area contributed by atoms with Crippen LogP contribution in [0.4, 0.5) is 11.4 Å². The molecule has 2 amide bonds. The third-order valence-electron chi connectivity index (χ3n) is 4.69. The monoisotopic (exact) mass is 418 g/mol. The molecule has 31 heavy (non-hydrogen) atoms. The van der Waals surface area contributed by atoms with Crippen molar-refractivity contribution >= 4 is 23.2 Å².